The maximum Gasteiger partial charge on any atom is 0.423 e. The van der Waals surface area contributed by atoms with Crippen LogP contribution in [0.15, 0.2) is 140 Å². The minimum atomic E-state index is -0.958. The maximum absolute atomic E-state index is 14.1. The average Bonchev–Trinajstić information content (AvgIpc) is 1.12. The van der Waals surface area contributed by atoms with Crippen molar-refractivity contribution >= 4 is 47.4 Å². The summed E-state index contributed by atoms with van der Waals surface area (Å²) >= 11 is 0. The van der Waals surface area contributed by atoms with E-state index in [2.05, 4.69) is 50.9 Å². The first-order valence-corrected chi connectivity index (χ1v) is 29.1. The summed E-state index contributed by atoms with van der Waals surface area (Å²) in [5.74, 6) is -1.37. The first kappa shape index (κ1) is 63.8. The molecular weight excluding hydrogens is 1200 g/mol. The van der Waals surface area contributed by atoms with Gasteiger partial charge in [0.15, 0.2) is 17.5 Å². The monoisotopic (exact) mass is 1260 g/mol. The van der Waals surface area contributed by atoms with Gasteiger partial charge in [0.1, 0.15) is 106 Å². The molecule has 6 bridgehead atoms. The van der Waals surface area contributed by atoms with Crippen LogP contribution in [0, 0.1) is 17.5 Å². The molecule has 3 aliphatic rings. The highest BCUT2D eigenvalue weighted by atomic mass is 19.1. The van der Waals surface area contributed by atoms with Crippen LogP contribution in [-0.2, 0) is 29.1 Å². The standard InChI is InChI=1S/C23H24FN5O4.C23H22FN5O4.C18H16FN5O2/c2*1-23(2,3)33-22(31)29-19-8-6-7-17(26-19)20-27-25-14-28(20)11-4-5-12-32-18-10-9-15(24)13-16(18)21(29)30;19-12-6-7-15-13(10-12)18(25)22-16-5-3-4-14(21-16)17-23-20-11-24(17)8-1-2-9-26-15/h6-10,13-14H,4-5,11-12H2,1-3H3;4-10,13-14H,11-12H2,1-3H3;3-7,10-11H,1-2,8-9H2,(H,21,22,25)/b;5-4+;. The van der Waals surface area contributed by atoms with E-state index in [4.69, 9.17) is 23.7 Å². The fraction of sp³-hybridized carbons (Fsp3) is 0.281. The fourth-order valence-corrected chi connectivity index (χ4v) is 9.32. The van der Waals surface area contributed by atoms with E-state index in [0.29, 0.717) is 78.8 Å². The number of aromatic nitrogens is 12. The number of hydrogen-bond donors (Lipinski definition) is 1. The Balaban J connectivity index is 0.000000152. The third kappa shape index (κ3) is 15.8. The SMILES string of the molecule is CC(C)(C)OC(=O)N1C(=O)c2cc(F)ccc2OC/C=C/Cn2cnnc2-c2cccc1n2.CC(C)(C)OC(=O)N1C(=O)c2cc(F)ccc2OCCCCn2cnnc2-c2cccc1n2.O=C1Nc2cccc(n2)-c2nncn2CCCCOc2ccc(F)cc21. The Morgan fingerprint density at radius 1 is 0.500 bits per heavy atom. The van der Waals surface area contributed by atoms with Gasteiger partial charge in [0.2, 0.25) is 0 Å². The predicted molar refractivity (Wildman–Crippen MR) is 327 cm³/mol. The smallest absolute Gasteiger partial charge is 0.423 e. The summed E-state index contributed by atoms with van der Waals surface area (Å²) in [4.78, 5) is 81.0. The van der Waals surface area contributed by atoms with Gasteiger partial charge in [-0.05, 0) is 164 Å². The summed E-state index contributed by atoms with van der Waals surface area (Å²) < 4.78 is 75.5. The lowest BCUT2D eigenvalue weighted by molar-refractivity contribution is 0.0546. The Labute approximate surface area is 524 Å². The van der Waals surface area contributed by atoms with Crippen molar-refractivity contribution < 1.29 is 60.8 Å². The molecule has 6 aromatic heterocycles. The first-order chi connectivity index (χ1) is 44.2. The molecule has 0 fully saturated rings. The van der Waals surface area contributed by atoms with Crippen LogP contribution in [0.5, 0.6) is 17.2 Å². The van der Waals surface area contributed by atoms with Crippen molar-refractivity contribution in [3.63, 3.8) is 0 Å². The minimum absolute atomic E-state index is 0.00794. The number of aryl methyl sites for hydroxylation is 2. The fourth-order valence-electron chi connectivity index (χ4n) is 9.32. The number of amides is 5. The Kier molecular flexibility index (Phi) is 19.5. The second-order valence-electron chi connectivity index (χ2n) is 22.7. The van der Waals surface area contributed by atoms with Crippen molar-refractivity contribution in [2.45, 2.75) is 98.1 Å². The van der Waals surface area contributed by atoms with Crippen LogP contribution < -0.4 is 29.3 Å². The van der Waals surface area contributed by atoms with E-state index >= 15 is 0 Å². The lowest BCUT2D eigenvalue weighted by atomic mass is 10.1. The second kappa shape index (κ2) is 28.1. The Bertz CT molecular complexity index is 4190. The molecule has 28 heteroatoms. The molecule has 9 heterocycles. The number of imide groups is 2. The molecule has 1 N–H and O–H groups in total. The summed E-state index contributed by atoms with van der Waals surface area (Å²) in [6, 6.07) is 26.0. The van der Waals surface area contributed by atoms with E-state index in [1.54, 1.807) is 114 Å². The number of carbonyl (C=O) groups is 5. The van der Waals surface area contributed by atoms with Crippen LogP contribution in [0.1, 0.15) is 98.3 Å². The normalized spacial score (nSPS) is 14.7. The molecule has 0 saturated carbocycles. The third-order valence-corrected chi connectivity index (χ3v) is 13.4. The lowest BCUT2D eigenvalue weighted by Gasteiger charge is -2.26. The summed E-state index contributed by atoms with van der Waals surface area (Å²) in [6.45, 7) is 12.7. The van der Waals surface area contributed by atoms with Gasteiger partial charge in [-0.1, -0.05) is 24.3 Å². The van der Waals surface area contributed by atoms with Crippen molar-refractivity contribution in [3.8, 4) is 51.8 Å². The molecule has 3 aromatic carbocycles. The molecule has 9 aromatic rings. The van der Waals surface area contributed by atoms with Crippen molar-refractivity contribution in [2.24, 2.45) is 0 Å². The topological polar surface area (TPSA) is 281 Å². The summed E-state index contributed by atoms with van der Waals surface area (Å²) in [5, 5.41) is 26.9. The maximum atomic E-state index is 14.1. The Morgan fingerprint density at radius 2 is 0.924 bits per heavy atom. The van der Waals surface area contributed by atoms with Crippen LogP contribution in [0.4, 0.5) is 40.2 Å². The lowest BCUT2D eigenvalue weighted by Crippen LogP contribution is -2.41. The van der Waals surface area contributed by atoms with Gasteiger partial charge in [-0.3, -0.25) is 14.4 Å². The molecule has 92 heavy (non-hydrogen) atoms. The predicted octanol–water partition coefficient (Wildman–Crippen LogP) is 11.1. The van der Waals surface area contributed by atoms with E-state index < -0.39 is 58.6 Å². The summed E-state index contributed by atoms with van der Waals surface area (Å²) in [5.41, 5.74) is -0.442. The Hall–Kier alpha value is -11.2. The molecule has 0 aliphatic carbocycles. The van der Waals surface area contributed by atoms with Crippen LogP contribution in [0.2, 0.25) is 0 Å². The molecule has 0 atom stereocenters. The minimum Gasteiger partial charge on any atom is -0.493 e. The molecule has 0 unspecified atom stereocenters. The van der Waals surface area contributed by atoms with Crippen molar-refractivity contribution in [3.05, 3.63) is 174 Å². The summed E-state index contributed by atoms with van der Waals surface area (Å²) in [7, 11) is 0. The van der Waals surface area contributed by atoms with Crippen LogP contribution >= 0.6 is 0 Å². The molecule has 474 valence electrons. The van der Waals surface area contributed by atoms with Gasteiger partial charge < -0.3 is 42.7 Å². The van der Waals surface area contributed by atoms with E-state index in [9.17, 15) is 37.1 Å². The van der Waals surface area contributed by atoms with Crippen LogP contribution in [0.3, 0.4) is 0 Å². The van der Waals surface area contributed by atoms with E-state index in [1.807, 2.05) is 15.2 Å². The largest absolute Gasteiger partial charge is 0.493 e. The van der Waals surface area contributed by atoms with Gasteiger partial charge in [0.25, 0.3) is 17.7 Å². The van der Waals surface area contributed by atoms with Gasteiger partial charge in [0.05, 0.1) is 29.9 Å². The first-order valence-electron chi connectivity index (χ1n) is 29.1. The highest BCUT2D eigenvalue weighted by Crippen LogP contribution is 2.31. The number of nitrogens with zero attached hydrogens (tertiary/aromatic N) is 14. The van der Waals surface area contributed by atoms with Gasteiger partial charge in [0, 0.05) is 19.6 Å². The number of fused-ring (bicyclic) bond motifs is 15. The second-order valence-corrected chi connectivity index (χ2v) is 22.7. The van der Waals surface area contributed by atoms with Crippen molar-refractivity contribution in [2.75, 3.05) is 34.9 Å². The van der Waals surface area contributed by atoms with E-state index in [1.165, 1.54) is 48.5 Å². The zero-order chi connectivity index (χ0) is 65.1. The van der Waals surface area contributed by atoms with Crippen molar-refractivity contribution in [1.29, 1.82) is 0 Å². The number of ether oxygens (including phenoxy) is 5. The molecule has 0 radical (unpaired) electrons. The zero-order valence-corrected chi connectivity index (χ0v) is 50.8. The number of halogens is 3. The third-order valence-electron chi connectivity index (χ3n) is 13.4. The van der Waals surface area contributed by atoms with Gasteiger partial charge in [-0.15, -0.1) is 30.6 Å². The molecule has 12 rings (SSSR count). The number of hydrogen-bond acceptors (Lipinski definition) is 19. The molecule has 0 spiro atoms. The quantitative estimate of drug-likeness (QED) is 0.138. The average molecular weight is 1260 g/mol. The number of carbonyl (C=O) groups excluding carboxylic acids is 5. The molecule has 5 amide bonds. The Morgan fingerprint density at radius 3 is 1.41 bits per heavy atom. The van der Waals surface area contributed by atoms with Crippen LogP contribution in [0.25, 0.3) is 34.6 Å². The number of allylic oxidation sites excluding steroid dienone is 1. The van der Waals surface area contributed by atoms with Gasteiger partial charge >= 0.3 is 12.2 Å². The molecular formula is C64H62F3N15O10. The number of rotatable bonds is 0. The highest BCUT2D eigenvalue weighted by molar-refractivity contribution is 6.20. The number of anilines is 3. The molecule has 25 nitrogen and oxygen atoms in total. The number of pyridine rings is 3. The highest BCUT2D eigenvalue weighted by Gasteiger charge is 2.35. The molecule has 0 saturated heterocycles. The van der Waals surface area contributed by atoms with Gasteiger partial charge in [-0.25, -0.2) is 37.7 Å². The van der Waals surface area contributed by atoms with Crippen molar-refractivity contribution in [1.82, 2.24) is 59.2 Å². The van der Waals surface area contributed by atoms with E-state index in [-0.39, 0.29) is 46.4 Å². The summed E-state index contributed by atoms with van der Waals surface area (Å²) in [6.07, 6.45) is 9.56. The van der Waals surface area contributed by atoms with Crippen LogP contribution in [-0.4, -0.2) is 120 Å². The molecule has 3 aliphatic heterocycles. The van der Waals surface area contributed by atoms with E-state index in [0.717, 1.165) is 53.8 Å². The van der Waals surface area contributed by atoms with Gasteiger partial charge in [-0.2, -0.15) is 9.80 Å². The zero-order valence-electron chi connectivity index (χ0n) is 50.8. The number of nitrogens with one attached hydrogen (secondary N) is 1. The number of benzene rings is 3.